The van der Waals surface area contributed by atoms with Gasteiger partial charge in [-0.05, 0) is 35.4 Å². The molecule has 0 spiro atoms. The lowest BCUT2D eigenvalue weighted by Crippen LogP contribution is -2.21. The van der Waals surface area contributed by atoms with Crippen molar-refractivity contribution in [2.45, 2.75) is 19.3 Å². The largest absolute Gasteiger partial charge is 0.497 e. The molecule has 9 heteroatoms. The molecule has 0 saturated heterocycles. The van der Waals surface area contributed by atoms with Crippen LogP contribution >= 0.6 is 11.6 Å². The molecule has 0 amide bonds. The fourth-order valence-corrected chi connectivity index (χ4v) is 2.19. The number of carboxylic acid groups (broad SMARTS) is 1. The van der Waals surface area contributed by atoms with Crippen molar-refractivity contribution in [3.8, 4) is 11.5 Å². The summed E-state index contributed by atoms with van der Waals surface area (Å²) < 4.78 is 42.0. The zero-order valence-corrected chi connectivity index (χ0v) is 15.4. The van der Waals surface area contributed by atoms with E-state index in [1.807, 2.05) is 42.5 Å². The Balaban J connectivity index is 0.000000445. The molecule has 2 aromatic rings. The number of alkyl halides is 3. The van der Waals surface area contributed by atoms with Crippen LogP contribution in [0.3, 0.4) is 0 Å². The maximum absolute atomic E-state index is 10.6. The molecule has 0 aliphatic carbocycles. The molecular formula is C18H19ClF3NO4. The molecule has 0 heterocycles. The van der Waals surface area contributed by atoms with Gasteiger partial charge >= 0.3 is 12.1 Å². The summed E-state index contributed by atoms with van der Waals surface area (Å²) in [6.45, 7) is 1.56. The molecule has 0 unspecified atom stereocenters. The van der Waals surface area contributed by atoms with Gasteiger partial charge in [-0.25, -0.2) is 4.79 Å². The SMILES string of the molecule is COc1ccc(CNCc2ccc(OC)c(Cl)c2)cc1.O=C(O)C(F)(F)F. The Morgan fingerprint density at radius 1 is 1.04 bits per heavy atom. The van der Waals surface area contributed by atoms with Crippen molar-refractivity contribution in [2.24, 2.45) is 0 Å². The first kappa shape index (κ1) is 22.6. The van der Waals surface area contributed by atoms with E-state index >= 15 is 0 Å². The van der Waals surface area contributed by atoms with Gasteiger partial charge in [-0.3, -0.25) is 0 Å². The first-order chi connectivity index (χ1) is 12.7. The van der Waals surface area contributed by atoms with Crippen LogP contribution < -0.4 is 14.8 Å². The molecule has 5 nitrogen and oxygen atoms in total. The number of aliphatic carboxylic acids is 1. The number of hydrogen-bond donors (Lipinski definition) is 2. The van der Waals surface area contributed by atoms with Gasteiger partial charge in [0.1, 0.15) is 11.5 Å². The highest BCUT2D eigenvalue weighted by Gasteiger charge is 2.38. The second-order valence-corrected chi connectivity index (χ2v) is 5.63. The fraction of sp³-hybridized carbons (Fsp3) is 0.278. The Hall–Kier alpha value is -2.45. The number of benzene rings is 2. The van der Waals surface area contributed by atoms with Crippen molar-refractivity contribution in [3.63, 3.8) is 0 Å². The van der Waals surface area contributed by atoms with Crippen molar-refractivity contribution in [1.29, 1.82) is 0 Å². The molecule has 0 atom stereocenters. The minimum absolute atomic E-state index is 0.635. The number of halogens is 4. The van der Waals surface area contributed by atoms with Crippen LogP contribution in [-0.4, -0.2) is 31.5 Å². The molecular weight excluding hydrogens is 387 g/mol. The highest BCUT2D eigenvalue weighted by molar-refractivity contribution is 6.32. The Morgan fingerprint density at radius 3 is 2.00 bits per heavy atom. The number of carboxylic acids is 1. The van der Waals surface area contributed by atoms with E-state index in [1.165, 1.54) is 5.56 Å². The van der Waals surface area contributed by atoms with Crippen LogP contribution in [0.4, 0.5) is 13.2 Å². The van der Waals surface area contributed by atoms with Gasteiger partial charge in [0.2, 0.25) is 0 Å². The van der Waals surface area contributed by atoms with Crippen molar-refractivity contribution in [3.05, 3.63) is 58.6 Å². The molecule has 148 valence electrons. The van der Waals surface area contributed by atoms with Crippen molar-refractivity contribution >= 4 is 17.6 Å². The van der Waals surface area contributed by atoms with Crippen molar-refractivity contribution in [1.82, 2.24) is 5.32 Å². The molecule has 0 aromatic heterocycles. The third-order valence-electron chi connectivity index (χ3n) is 3.28. The van der Waals surface area contributed by atoms with Gasteiger partial charge in [-0.2, -0.15) is 13.2 Å². The third-order valence-corrected chi connectivity index (χ3v) is 3.57. The van der Waals surface area contributed by atoms with Crippen LogP contribution in [0.1, 0.15) is 11.1 Å². The van der Waals surface area contributed by atoms with Crippen molar-refractivity contribution < 1.29 is 32.5 Å². The number of ether oxygens (including phenoxy) is 2. The van der Waals surface area contributed by atoms with Crippen LogP contribution in [0.2, 0.25) is 5.02 Å². The summed E-state index contributed by atoms with van der Waals surface area (Å²) in [4.78, 5) is 8.90. The molecule has 2 N–H and O–H groups in total. The molecule has 2 aromatic carbocycles. The van der Waals surface area contributed by atoms with E-state index in [9.17, 15) is 13.2 Å². The minimum atomic E-state index is -5.08. The standard InChI is InChI=1S/C16H18ClNO2.C2HF3O2/c1-19-14-6-3-12(4-7-14)10-18-11-13-5-8-16(20-2)15(17)9-13;3-2(4,5)1(6)7/h3-9,18H,10-11H2,1-2H3;(H,6,7). The Labute approximate surface area is 159 Å². The third kappa shape index (κ3) is 8.19. The lowest BCUT2D eigenvalue weighted by molar-refractivity contribution is -0.192. The lowest BCUT2D eigenvalue weighted by Gasteiger charge is -2.08. The van der Waals surface area contributed by atoms with E-state index in [4.69, 9.17) is 31.0 Å². The average molecular weight is 406 g/mol. The number of hydrogen-bond acceptors (Lipinski definition) is 4. The van der Waals surface area contributed by atoms with Gasteiger partial charge in [-0.1, -0.05) is 29.8 Å². The quantitative estimate of drug-likeness (QED) is 0.750. The molecule has 0 radical (unpaired) electrons. The number of rotatable bonds is 6. The van der Waals surface area contributed by atoms with Gasteiger partial charge < -0.3 is 19.9 Å². The molecule has 0 bridgehead atoms. The smallest absolute Gasteiger partial charge is 0.490 e. The molecule has 0 aliphatic heterocycles. The molecule has 0 aliphatic rings. The first-order valence-corrected chi connectivity index (χ1v) is 8.01. The van der Waals surface area contributed by atoms with Gasteiger partial charge in [0, 0.05) is 13.1 Å². The van der Waals surface area contributed by atoms with Crippen LogP contribution in [0, 0.1) is 0 Å². The summed E-state index contributed by atoms with van der Waals surface area (Å²) in [7, 11) is 3.28. The van der Waals surface area contributed by atoms with E-state index in [0.29, 0.717) is 10.8 Å². The number of methoxy groups -OCH3 is 2. The van der Waals surface area contributed by atoms with Gasteiger partial charge in [-0.15, -0.1) is 0 Å². The maximum atomic E-state index is 10.6. The van der Waals surface area contributed by atoms with Gasteiger partial charge in [0.25, 0.3) is 0 Å². The summed E-state index contributed by atoms with van der Waals surface area (Å²) in [5, 5.41) is 11.1. The van der Waals surface area contributed by atoms with E-state index in [2.05, 4.69) is 5.32 Å². The number of nitrogens with one attached hydrogen (secondary N) is 1. The molecule has 0 fully saturated rings. The molecule has 0 saturated carbocycles. The Kier molecular flexibility index (Phi) is 8.90. The second kappa shape index (κ2) is 10.6. The van der Waals surface area contributed by atoms with Crippen LogP contribution in [0.5, 0.6) is 11.5 Å². The monoisotopic (exact) mass is 405 g/mol. The molecule has 2 rings (SSSR count). The van der Waals surface area contributed by atoms with Crippen LogP contribution in [0.15, 0.2) is 42.5 Å². The maximum Gasteiger partial charge on any atom is 0.490 e. The summed E-state index contributed by atoms with van der Waals surface area (Å²) in [6.07, 6.45) is -5.08. The van der Waals surface area contributed by atoms with E-state index in [0.717, 1.165) is 24.4 Å². The van der Waals surface area contributed by atoms with E-state index in [-0.39, 0.29) is 0 Å². The fourth-order valence-electron chi connectivity index (χ4n) is 1.91. The highest BCUT2D eigenvalue weighted by Crippen LogP contribution is 2.24. The minimum Gasteiger partial charge on any atom is -0.497 e. The Morgan fingerprint density at radius 2 is 1.56 bits per heavy atom. The van der Waals surface area contributed by atoms with Crippen LogP contribution in [-0.2, 0) is 17.9 Å². The predicted molar refractivity (Wildman–Crippen MR) is 95.2 cm³/mol. The summed E-state index contributed by atoms with van der Waals surface area (Å²) in [5.74, 6) is -1.19. The van der Waals surface area contributed by atoms with Crippen molar-refractivity contribution in [2.75, 3.05) is 14.2 Å². The van der Waals surface area contributed by atoms with Gasteiger partial charge in [0.05, 0.1) is 19.2 Å². The number of carbonyl (C=O) groups is 1. The molecule has 27 heavy (non-hydrogen) atoms. The highest BCUT2D eigenvalue weighted by atomic mass is 35.5. The lowest BCUT2D eigenvalue weighted by atomic mass is 10.2. The average Bonchev–Trinajstić information content (AvgIpc) is 2.62. The topological polar surface area (TPSA) is 67.8 Å². The normalized spacial score (nSPS) is 10.6. The summed E-state index contributed by atoms with van der Waals surface area (Å²) >= 11 is 6.09. The zero-order chi connectivity index (χ0) is 20.4. The zero-order valence-electron chi connectivity index (χ0n) is 14.6. The van der Waals surface area contributed by atoms with E-state index in [1.54, 1.807) is 14.2 Å². The van der Waals surface area contributed by atoms with E-state index < -0.39 is 12.1 Å². The summed E-state index contributed by atoms with van der Waals surface area (Å²) in [6, 6.07) is 13.8. The Bertz CT molecular complexity index is 736. The summed E-state index contributed by atoms with van der Waals surface area (Å²) in [5.41, 5.74) is 2.34. The van der Waals surface area contributed by atoms with Gasteiger partial charge in [0.15, 0.2) is 0 Å². The predicted octanol–water partition coefficient (Wildman–Crippen LogP) is 4.28. The second-order valence-electron chi connectivity index (χ2n) is 5.22. The first-order valence-electron chi connectivity index (χ1n) is 7.63. The van der Waals surface area contributed by atoms with Crippen LogP contribution in [0.25, 0.3) is 0 Å².